The van der Waals surface area contributed by atoms with Gasteiger partial charge >= 0.3 is 0 Å². The number of para-hydroxylation sites is 2. The van der Waals surface area contributed by atoms with Crippen molar-refractivity contribution in [2.75, 3.05) is 16.8 Å². The lowest BCUT2D eigenvalue weighted by Crippen LogP contribution is -2.25. The summed E-state index contributed by atoms with van der Waals surface area (Å²) >= 11 is 6.00. The van der Waals surface area contributed by atoms with E-state index in [1.54, 1.807) is 29.2 Å². The summed E-state index contributed by atoms with van der Waals surface area (Å²) in [5.41, 5.74) is 0.821. The first-order chi connectivity index (χ1) is 12.0. The van der Waals surface area contributed by atoms with Gasteiger partial charge in [0.2, 0.25) is 5.91 Å². The highest BCUT2D eigenvalue weighted by atomic mass is 35.5. The number of carbonyl (C=O) groups is 2. The van der Waals surface area contributed by atoms with Crippen molar-refractivity contribution >= 4 is 40.5 Å². The molecule has 25 heavy (non-hydrogen) atoms. The first kappa shape index (κ1) is 16.9. The van der Waals surface area contributed by atoms with E-state index in [0.29, 0.717) is 24.3 Å². The van der Waals surface area contributed by atoms with Crippen molar-refractivity contribution in [3.05, 3.63) is 63.2 Å². The molecule has 0 bridgehead atoms. The van der Waals surface area contributed by atoms with Gasteiger partial charge in [-0.15, -0.1) is 0 Å². The van der Waals surface area contributed by atoms with Crippen LogP contribution in [0, 0.1) is 10.1 Å². The molecule has 1 aliphatic rings. The molecule has 3 rings (SSSR count). The van der Waals surface area contributed by atoms with Crippen LogP contribution in [-0.4, -0.2) is 23.3 Å². The molecule has 0 saturated carbocycles. The van der Waals surface area contributed by atoms with Crippen LogP contribution in [0.15, 0.2) is 42.5 Å². The van der Waals surface area contributed by atoms with Crippen molar-refractivity contribution in [1.82, 2.24) is 0 Å². The standard InChI is InChI=1S/C17H14ClN3O4/c18-13-8-7-11(21(24)25)10-12(13)17(23)19-14-4-1-2-5-15(14)20-9-3-6-16(20)22/h1-2,4-5,7-8,10H,3,6,9H2,(H,19,23). The smallest absolute Gasteiger partial charge is 0.270 e. The Morgan fingerprint density at radius 3 is 2.68 bits per heavy atom. The lowest BCUT2D eigenvalue weighted by Gasteiger charge is -2.20. The Balaban J connectivity index is 1.91. The summed E-state index contributed by atoms with van der Waals surface area (Å²) in [6.07, 6.45) is 1.23. The number of nitro groups is 1. The number of hydrogen-bond acceptors (Lipinski definition) is 4. The van der Waals surface area contributed by atoms with Gasteiger partial charge in [-0.1, -0.05) is 23.7 Å². The van der Waals surface area contributed by atoms with Crippen molar-refractivity contribution in [3.63, 3.8) is 0 Å². The number of benzene rings is 2. The summed E-state index contributed by atoms with van der Waals surface area (Å²) in [7, 11) is 0. The third-order valence-corrected chi connectivity index (χ3v) is 4.25. The Labute approximate surface area is 148 Å². The number of carbonyl (C=O) groups excluding carboxylic acids is 2. The Morgan fingerprint density at radius 1 is 1.24 bits per heavy atom. The highest BCUT2D eigenvalue weighted by molar-refractivity contribution is 6.34. The third kappa shape index (κ3) is 3.46. The molecule has 0 atom stereocenters. The van der Waals surface area contributed by atoms with Crippen molar-refractivity contribution in [2.24, 2.45) is 0 Å². The predicted octanol–water partition coefficient (Wildman–Crippen LogP) is 3.63. The van der Waals surface area contributed by atoms with Crippen LogP contribution in [0.4, 0.5) is 17.1 Å². The molecule has 1 heterocycles. The number of rotatable bonds is 4. The maximum absolute atomic E-state index is 12.5. The van der Waals surface area contributed by atoms with Gasteiger partial charge in [0.05, 0.1) is 26.9 Å². The van der Waals surface area contributed by atoms with E-state index in [1.807, 2.05) is 0 Å². The van der Waals surface area contributed by atoms with Crippen molar-refractivity contribution in [3.8, 4) is 0 Å². The van der Waals surface area contributed by atoms with Crippen LogP contribution in [0.1, 0.15) is 23.2 Å². The van der Waals surface area contributed by atoms with Crippen LogP contribution in [0.3, 0.4) is 0 Å². The molecule has 128 valence electrons. The normalized spacial score (nSPS) is 13.8. The van der Waals surface area contributed by atoms with Gasteiger partial charge in [-0.05, 0) is 24.6 Å². The van der Waals surface area contributed by atoms with Gasteiger partial charge in [-0.3, -0.25) is 19.7 Å². The molecule has 8 heteroatoms. The van der Waals surface area contributed by atoms with Crippen LogP contribution in [-0.2, 0) is 4.79 Å². The second-order valence-electron chi connectivity index (χ2n) is 5.54. The van der Waals surface area contributed by atoms with E-state index in [2.05, 4.69) is 5.32 Å². The highest BCUT2D eigenvalue weighted by Crippen LogP contribution is 2.30. The Hall–Kier alpha value is -2.93. The van der Waals surface area contributed by atoms with Crippen molar-refractivity contribution in [1.29, 1.82) is 0 Å². The number of amides is 2. The molecule has 1 aliphatic heterocycles. The zero-order valence-electron chi connectivity index (χ0n) is 13.1. The molecule has 0 aromatic heterocycles. The van der Waals surface area contributed by atoms with E-state index in [9.17, 15) is 19.7 Å². The third-order valence-electron chi connectivity index (χ3n) is 3.92. The molecule has 7 nitrogen and oxygen atoms in total. The zero-order chi connectivity index (χ0) is 18.0. The minimum atomic E-state index is -0.593. The van der Waals surface area contributed by atoms with Gasteiger partial charge < -0.3 is 10.2 Å². The van der Waals surface area contributed by atoms with Gasteiger partial charge in [0.1, 0.15) is 0 Å². The topological polar surface area (TPSA) is 92.6 Å². The fourth-order valence-electron chi connectivity index (χ4n) is 2.71. The Kier molecular flexibility index (Phi) is 4.67. The summed E-state index contributed by atoms with van der Waals surface area (Å²) in [5, 5.41) is 13.7. The van der Waals surface area contributed by atoms with E-state index in [1.165, 1.54) is 12.1 Å². The molecular weight excluding hydrogens is 346 g/mol. The summed E-state index contributed by atoms with van der Waals surface area (Å²) < 4.78 is 0. The molecule has 0 unspecified atom stereocenters. The van der Waals surface area contributed by atoms with Gasteiger partial charge in [0.25, 0.3) is 11.6 Å². The number of halogens is 1. The number of nitrogens with one attached hydrogen (secondary N) is 1. The van der Waals surface area contributed by atoms with Gasteiger partial charge in [-0.25, -0.2) is 0 Å². The largest absolute Gasteiger partial charge is 0.320 e. The number of hydrogen-bond donors (Lipinski definition) is 1. The van der Waals surface area contributed by atoms with E-state index in [4.69, 9.17) is 11.6 Å². The maximum Gasteiger partial charge on any atom is 0.270 e. The van der Waals surface area contributed by atoms with Gasteiger partial charge in [-0.2, -0.15) is 0 Å². The van der Waals surface area contributed by atoms with Crippen LogP contribution < -0.4 is 10.2 Å². The van der Waals surface area contributed by atoms with Crippen LogP contribution in [0.2, 0.25) is 5.02 Å². The second kappa shape index (κ2) is 6.90. The molecule has 0 spiro atoms. The molecule has 0 radical (unpaired) electrons. The SMILES string of the molecule is O=C(Nc1ccccc1N1CCCC1=O)c1cc([N+](=O)[O-])ccc1Cl. The number of non-ortho nitro benzene ring substituents is 1. The van der Waals surface area contributed by atoms with Gasteiger partial charge in [0.15, 0.2) is 0 Å². The summed E-state index contributed by atoms with van der Waals surface area (Å²) in [5.74, 6) is -0.581. The van der Waals surface area contributed by atoms with E-state index in [0.717, 1.165) is 12.5 Å². The molecule has 1 fully saturated rings. The number of nitrogens with zero attached hydrogens (tertiary/aromatic N) is 2. The maximum atomic E-state index is 12.5. The predicted molar refractivity (Wildman–Crippen MR) is 94.1 cm³/mol. The first-order valence-corrected chi connectivity index (χ1v) is 8.00. The molecule has 1 N–H and O–H groups in total. The fraction of sp³-hybridized carbons (Fsp3) is 0.176. The second-order valence-corrected chi connectivity index (χ2v) is 5.95. The lowest BCUT2D eigenvalue weighted by molar-refractivity contribution is -0.384. The van der Waals surface area contributed by atoms with Crippen LogP contribution >= 0.6 is 11.6 Å². The van der Waals surface area contributed by atoms with Crippen molar-refractivity contribution < 1.29 is 14.5 Å². The first-order valence-electron chi connectivity index (χ1n) is 7.62. The minimum absolute atomic E-state index is 0.00146. The fourth-order valence-corrected chi connectivity index (χ4v) is 2.91. The average Bonchev–Trinajstić information content (AvgIpc) is 3.01. The lowest BCUT2D eigenvalue weighted by atomic mass is 10.1. The minimum Gasteiger partial charge on any atom is -0.320 e. The summed E-state index contributed by atoms with van der Waals surface area (Å²) in [6.45, 7) is 0.587. The average molecular weight is 360 g/mol. The quantitative estimate of drug-likeness (QED) is 0.666. The van der Waals surface area contributed by atoms with E-state index < -0.39 is 10.8 Å². The van der Waals surface area contributed by atoms with Crippen LogP contribution in [0.25, 0.3) is 0 Å². The number of anilines is 2. The molecule has 1 saturated heterocycles. The Bertz CT molecular complexity index is 869. The highest BCUT2D eigenvalue weighted by Gasteiger charge is 2.25. The van der Waals surface area contributed by atoms with Gasteiger partial charge in [0, 0.05) is 25.1 Å². The van der Waals surface area contributed by atoms with Crippen LogP contribution in [0.5, 0.6) is 0 Å². The van der Waals surface area contributed by atoms with E-state index in [-0.39, 0.29) is 22.2 Å². The molecular formula is C17H14ClN3O4. The summed E-state index contributed by atoms with van der Waals surface area (Å²) in [4.78, 5) is 36.4. The monoisotopic (exact) mass is 359 g/mol. The molecule has 2 amide bonds. The zero-order valence-corrected chi connectivity index (χ0v) is 13.8. The summed E-state index contributed by atoms with van der Waals surface area (Å²) in [6, 6.07) is 10.6. The molecule has 2 aromatic rings. The number of nitro benzene ring substituents is 1. The van der Waals surface area contributed by atoms with Crippen molar-refractivity contribution in [2.45, 2.75) is 12.8 Å². The molecule has 2 aromatic carbocycles. The molecule has 0 aliphatic carbocycles. The Morgan fingerprint density at radius 2 is 2.00 bits per heavy atom. The van der Waals surface area contributed by atoms with E-state index >= 15 is 0 Å².